The van der Waals surface area contributed by atoms with E-state index < -0.39 is 97.5 Å². The Hall–Kier alpha value is -1.94. The lowest BCUT2D eigenvalue weighted by Gasteiger charge is -2.21. The largest absolute Gasteiger partial charge is 0.472 e. The second kappa shape index (κ2) is 68.6. The number of aliphatic hydroxyl groups is 1. The summed E-state index contributed by atoms with van der Waals surface area (Å²) >= 11 is 0. The van der Waals surface area contributed by atoms with E-state index in [1.54, 1.807) is 0 Å². The molecule has 93 heavy (non-hydrogen) atoms. The standard InChI is InChI=1S/C74H144O17P2/c1-5-9-13-17-19-21-23-25-27-29-31-33-35-37-39-41-43-45-47-49-53-57-61-74(79)91-70(65-85-72(77)59-55-52-48-46-44-42-40-38-36-34-32-30-28-26-24-22-20-18-14-10-6-2)67-89-93(82,83)87-63-68(75)62-86-92(80,81)88-66-69(90-73(78)60-56-51-16-12-8-4)64-84-71(76)58-54-50-15-11-7-3/h68-70,75H,5-67H2,1-4H3,(H,80,81)(H,82,83)/t68-,69+,70+/m0/s1. The maximum absolute atomic E-state index is 13.1. The Bertz CT molecular complexity index is 1770. The molecule has 0 aliphatic rings. The third kappa shape index (κ3) is 68.4. The summed E-state index contributed by atoms with van der Waals surface area (Å²) in [5.41, 5.74) is 0. The van der Waals surface area contributed by atoms with E-state index in [-0.39, 0.29) is 25.7 Å². The molecule has 0 aromatic heterocycles. The molecule has 0 aliphatic carbocycles. The summed E-state index contributed by atoms with van der Waals surface area (Å²) in [7, 11) is -9.88. The number of carbonyl (C=O) groups is 4. The summed E-state index contributed by atoms with van der Waals surface area (Å²) in [5.74, 6) is -2.14. The smallest absolute Gasteiger partial charge is 0.462 e. The second-order valence-electron chi connectivity index (χ2n) is 26.7. The van der Waals surface area contributed by atoms with Gasteiger partial charge in [-0.25, -0.2) is 9.13 Å². The molecule has 2 unspecified atom stereocenters. The van der Waals surface area contributed by atoms with Crippen LogP contribution in [-0.4, -0.2) is 96.7 Å². The molecule has 0 saturated heterocycles. The van der Waals surface area contributed by atoms with Crippen LogP contribution in [-0.2, 0) is 65.4 Å². The van der Waals surface area contributed by atoms with Gasteiger partial charge in [0.05, 0.1) is 26.4 Å². The molecule has 0 heterocycles. The first-order valence-corrected chi connectivity index (χ1v) is 41.8. The third-order valence-electron chi connectivity index (χ3n) is 17.4. The van der Waals surface area contributed by atoms with Gasteiger partial charge in [0.2, 0.25) is 0 Å². The summed E-state index contributed by atoms with van der Waals surface area (Å²) in [6.07, 6.45) is 59.6. The molecule has 552 valence electrons. The Morgan fingerprint density at radius 1 is 0.258 bits per heavy atom. The van der Waals surface area contributed by atoms with Crippen molar-refractivity contribution in [3.63, 3.8) is 0 Å². The number of esters is 4. The highest BCUT2D eigenvalue weighted by Gasteiger charge is 2.30. The highest BCUT2D eigenvalue weighted by molar-refractivity contribution is 7.47. The number of hydrogen-bond donors (Lipinski definition) is 3. The van der Waals surface area contributed by atoms with E-state index in [4.69, 9.17) is 37.0 Å². The monoisotopic (exact) mass is 1370 g/mol. The predicted octanol–water partition coefficient (Wildman–Crippen LogP) is 21.8. The number of carbonyl (C=O) groups excluding carboxylic acids is 4. The summed E-state index contributed by atoms with van der Waals surface area (Å²) in [6.45, 7) is 4.77. The number of phosphoric acid groups is 2. The van der Waals surface area contributed by atoms with E-state index >= 15 is 0 Å². The fraction of sp³-hybridized carbons (Fsp3) is 0.946. The molecular weight excluding hydrogens is 1220 g/mol. The zero-order chi connectivity index (χ0) is 68.2. The quantitative estimate of drug-likeness (QED) is 0.0222. The molecule has 0 spiro atoms. The van der Waals surface area contributed by atoms with E-state index in [9.17, 15) is 43.2 Å². The molecule has 0 saturated carbocycles. The fourth-order valence-electron chi connectivity index (χ4n) is 11.4. The minimum Gasteiger partial charge on any atom is -0.462 e. The molecule has 0 aliphatic heterocycles. The molecule has 0 aromatic rings. The van der Waals surface area contributed by atoms with Crippen molar-refractivity contribution in [2.45, 2.75) is 412 Å². The average Bonchev–Trinajstić information content (AvgIpc) is 1.85. The van der Waals surface area contributed by atoms with E-state index in [2.05, 4.69) is 27.7 Å². The first kappa shape index (κ1) is 91.1. The van der Waals surface area contributed by atoms with Gasteiger partial charge in [0.1, 0.15) is 19.3 Å². The van der Waals surface area contributed by atoms with Gasteiger partial charge in [-0.1, -0.05) is 342 Å². The lowest BCUT2D eigenvalue weighted by atomic mass is 10.0. The topological polar surface area (TPSA) is 237 Å². The Balaban J connectivity index is 4.99. The summed E-state index contributed by atoms with van der Waals surface area (Å²) in [5, 5.41) is 10.5. The van der Waals surface area contributed by atoms with Crippen molar-refractivity contribution in [2.75, 3.05) is 39.6 Å². The van der Waals surface area contributed by atoms with E-state index in [1.165, 1.54) is 218 Å². The molecule has 17 nitrogen and oxygen atoms in total. The van der Waals surface area contributed by atoms with Gasteiger partial charge in [-0.3, -0.25) is 37.3 Å². The van der Waals surface area contributed by atoms with Crippen molar-refractivity contribution in [2.24, 2.45) is 0 Å². The Morgan fingerprint density at radius 2 is 0.430 bits per heavy atom. The highest BCUT2D eigenvalue weighted by Crippen LogP contribution is 2.45. The molecular formula is C74H144O17P2. The Kier molecular flexibility index (Phi) is 67.1. The van der Waals surface area contributed by atoms with Crippen LogP contribution in [0.3, 0.4) is 0 Å². The second-order valence-corrected chi connectivity index (χ2v) is 29.6. The van der Waals surface area contributed by atoms with Crippen LogP contribution in [0, 0.1) is 0 Å². The highest BCUT2D eigenvalue weighted by atomic mass is 31.2. The van der Waals surface area contributed by atoms with Crippen LogP contribution < -0.4 is 0 Å². The van der Waals surface area contributed by atoms with Crippen LogP contribution in [0.25, 0.3) is 0 Å². The fourth-order valence-corrected chi connectivity index (χ4v) is 13.0. The number of unbranched alkanes of at least 4 members (excludes halogenated alkanes) is 49. The van der Waals surface area contributed by atoms with Crippen molar-refractivity contribution < 1.29 is 80.2 Å². The van der Waals surface area contributed by atoms with Crippen LogP contribution >= 0.6 is 15.6 Å². The lowest BCUT2D eigenvalue weighted by molar-refractivity contribution is -0.161. The Labute approximate surface area is 568 Å². The molecule has 0 amide bonds. The van der Waals surface area contributed by atoms with E-state index in [0.717, 1.165) is 96.3 Å². The summed E-state index contributed by atoms with van der Waals surface area (Å²) in [6, 6.07) is 0. The Morgan fingerprint density at radius 3 is 0.634 bits per heavy atom. The molecule has 19 heteroatoms. The van der Waals surface area contributed by atoms with Gasteiger partial charge >= 0.3 is 39.5 Å². The number of phosphoric ester groups is 2. The zero-order valence-corrected chi connectivity index (χ0v) is 62.0. The molecule has 5 atom stereocenters. The van der Waals surface area contributed by atoms with Gasteiger partial charge in [-0.2, -0.15) is 0 Å². The first-order chi connectivity index (χ1) is 45.2. The normalized spacial score (nSPS) is 13.9. The zero-order valence-electron chi connectivity index (χ0n) is 60.2. The van der Waals surface area contributed by atoms with Crippen LogP contribution in [0.1, 0.15) is 394 Å². The minimum absolute atomic E-state index is 0.0994. The van der Waals surface area contributed by atoms with Gasteiger partial charge in [0, 0.05) is 25.7 Å². The number of rotatable bonds is 75. The first-order valence-electron chi connectivity index (χ1n) is 38.8. The maximum Gasteiger partial charge on any atom is 0.472 e. The van der Waals surface area contributed by atoms with Crippen molar-refractivity contribution in [1.29, 1.82) is 0 Å². The van der Waals surface area contributed by atoms with Gasteiger partial charge in [-0.15, -0.1) is 0 Å². The summed E-state index contributed by atoms with van der Waals surface area (Å²) < 4.78 is 67.9. The minimum atomic E-state index is -4.95. The van der Waals surface area contributed by atoms with Crippen LogP contribution in [0.4, 0.5) is 0 Å². The molecule has 0 fully saturated rings. The number of ether oxygens (including phenoxy) is 4. The van der Waals surface area contributed by atoms with Gasteiger partial charge in [0.15, 0.2) is 12.2 Å². The molecule has 0 rings (SSSR count). The average molecular weight is 1370 g/mol. The lowest BCUT2D eigenvalue weighted by Crippen LogP contribution is -2.30. The van der Waals surface area contributed by atoms with Gasteiger partial charge < -0.3 is 33.8 Å². The van der Waals surface area contributed by atoms with Crippen LogP contribution in [0.5, 0.6) is 0 Å². The number of aliphatic hydroxyl groups excluding tert-OH is 1. The summed E-state index contributed by atoms with van der Waals surface area (Å²) in [4.78, 5) is 72.0. The predicted molar refractivity (Wildman–Crippen MR) is 377 cm³/mol. The van der Waals surface area contributed by atoms with Crippen molar-refractivity contribution in [3.8, 4) is 0 Å². The number of hydrogen-bond acceptors (Lipinski definition) is 15. The van der Waals surface area contributed by atoms with Crippen LogP contribution in [0.2, 0.25) is 0 Å². The maximum atomic E-state index is 13.1. The SMILES string of the molecule is CCCCCCCCCCCCCCCCCCCCCCCCC(=O)O[C@H](COC(=O)CCCCCCCCCCCCCCCCCCCCCCC)COP(=O)(O)OC[C@@H](O)COP(=O)(O)OC[C@@H](COC(=O)CCCCCCC)OC(=O)CCCCCCC. The van der Waals surface area contributed by atoms with Crippen molar-refractivity contribution >= 4 is 39.5 Å². The molecule has 0 radical (unpaired) electrons. The van der Waals surface area contributed by atoms with Crippen molar-refractivity contribution in [3.05, 3.63) is 0 Å². The van der Waals surface area contributed by atoms with Crippen LogP contribution in [0.15, 0.2) is 0 Å². The van der Waals surface area contributed by atoms with E-state index in [0.29, 0.717) is 25.7 Å². The van der Waals surface area contributed by atoms with Crippen molar-refractivity contribution in [1.82, 2.24) is 0 Å². The molecule has 3 N–H and O–H groups in total. The van der Waals surface area contributed by atoms with E-state index in [1.807, 2.05) is 0 Å². The van der Waals surface area contributed by atoms with Gasteiger partial charge in [0.25, 0.3) is 0 Å². The van der Waals surface area contributed by atoms with Gasteiger partial charge in [-0.05, 0) is 25.7 Å². The molecule has 0 aromatic carbocycles. The third-order valence-corrected chi connectivity index (χ3v) is 19.3. The molecule has 0 bridgehead atoms.